The van der Waals surface area contributed by atoms with Crippen molar-refractivity contribution in [3.8, 4) is 0 Å². The number of likely N-dealkylation sites (tertiary alicyclic amines) is 1. The Bertz CT molecular complexity index is 236. The van der Waals surface area contributed by atoms with Gasteiger partial charge in [-0.2, -0.15) is 0 Å². The van der Waals surface area contributed by atoms with Crippen LogP contribution in [0.25, 0.3) is 0 Å². The third-order valence-corrected chi connectivity index (χ3v) is 5.07. The summed E-state index contributed by atoms with van der Waals surface area (Å²) in [5.41, 5.74) is 0.504. The van der Waals surface area contributed by atoms with Crippen LogP contribution in [0.4, 0.5) is 0 Å². The van der Waals surface area contributed by atoms with Crippen LogP contribution in [0, 0.1) is 11.3 Å². The Kier molecular flexibility index (Phi) is 4.14. The van der Waals surface area contributed by atoms with Crippen molar-refractivity contribution < 1.29 is 0 Å². The van der Waals surface area contributed by atoms with Crippen LogP contribution in [0.1, 0.15) is 52.9 Å². The Balaban J connectivity index is 1.86. The molecule has 0 aromatic carbocycles. The number of likely N-dealkylation sites (N-methyl/N-ethyl adjacent to an activating group) is 1. The Morgan fingerprint density at radius 3 is 2.18 bits per heavy atom. The second-order valence-corrected chi connectivity index (χ2v) is 7.07. The maximum absolute atomic E-state index is 3.51. The molecule has 1 heterocycles. The van der Waals surface area contributed by atoms with Gasteiger partial charge in [-0.15, -0.1) is 0 Å². The standard InChI is InChI=1S/C15H30N2/c1-15(2,3)12-8-10-17(11-9-12)14-7-5-6-13(14)16-4/h12-14,16H,5-11H2,1-4H3. The largest absolute Gasteiger partial charge is 0.315 e. The van der Waals surface area contributed by atoms with Crippen molar-refractivity contribution in [2.75, 3.05) is 20.1 Å². The van der Waals surface area contributed by atoms with E-state index in [1.54, 1.807) is 0 Å². The van der Waals surface area contributed by atoms with E-state index in [2.05, 4.69) is 38.0 Å². The van der Waals surface area contributed by atoms with Gasteiger partial charge in [0.2, 0.25) is 0 Å². The van der Waals surface area contributed by atoms with Crippen molar-refractivity contribution in [3.05, 3.63) is 0 Å². The summed E-state index contributed by atoms with van der Waals surface area (Å²) < 4.78 is 0. The van der Waals surface area contributed by atoms with Crippen LogP contribution in [0.15, 0.2) is 0 Å². The molecule has 2 rings (SSSR count). The fourth-order valence-electron chi connectivity index (χ4n) is 3.81. The molecule has 100 valence electrons. The summed E-state index contributed by atoms with van der Waals surface area (Å²) in [5, 5.41) is 3.51. The lowest BCUT2D eigenvalue weighted by molar-refractivity contribution is 0.0760. The highest BCUT2D eigenvalue weighted by atomic mass is 15.2. The molecule has 2 heteroatoms. The van der Waals surface area contributed by atoms with Gasteiger partial charge in [0, 0.05) is 12.1 Å². The fraction of sp³-hybridized carbons (Fsp3) is 1.00. The number of hydrogen-bond donors (Lipinski definition) is 1. The number of hydrogen-bond acceptors (Lipinski definition) is 2. The molecular weight excluding hydrogens is 208 g/mol. The second kappa shape index (κ2) is 5.27. The van der Waals surface area contributed by atoms with Crippen LogP contribution in [-0.4, -0.2) is 37.1 Å². The van der Waals surface area contributed by atoms with Gasteiger partial charge < -0.3 is 5.32 Å². The Morgan fingerprint density at radius 2 is 1.65 bits per heavy atom. The van der Waals surface area contributed by atoms with E-state index < -0.39 is 0 Å². The topological polar surface area (TPSA) is 15.3 Å². The molecule has 1 aliphatic heterocycles. The number of nitrogens with one attached hydrogen (secondary N) is 1. The molecule has 17 heavy (non-hydrogen) atoms. The molecule has 1 saturated carbocycles. The maximum Gasteiger partial charge on any atom is 0.0249 e. The van der Waals surface area contributed by atoms with E-state index in [1.807, 2.05) is 0 Å². The molecule has 0 spiro atoms. The van der Waals surface area contributed by atoms with Gasteiger partial charge in [0.15, 0.2) is 0 Å². The molecule has 1 aliphatic carbocycles. The monoisotopic (exact) mass is 238 g/mol. The normalized spacial score (nSPS) is 33.2. The van der Waals surface area contributed by atoms with Gasteiger partial charge in [0.05, 0.1) is 0 Å². The molecule has 1 saturated heterocycles. The first-order valence-corrected chi connectivity index (χ1v) is 7.43. The molecule has 2 unspecified atom stereocenters. The maximum atomic E-state index is 3.51. The van der Waals surface area contributed by atoms with E-state index in [1.165, 1.54) is 45.2 Å². The zero-order chi connectivity index (χ0) is 12.5. The summed E-state index contributed by atoms with van der Waals surface area (Å²) in [6.45, 7) is 9.85. The van der Waals surface area contributed by atoms with E-state index in [-0.39, 0.29) is 0 Å². The lowest BCUT2D eigenvalue weighted by Crippen LogP contribution is -2.49. The Hall–Kier alpha value is -0.0800. The van der Waals surface area contributed by atoms with Crippen molar-refractivity contribution in [3.63, 3.8) is 0 Å². The molecule has 2 atom stereocenters. The first-order chi connectivity index (χ1) is 8.02. The van der Waals surface area contributed by atoms with E-state index in [4.69, 9.17) is 0 Å². The van der Waals surface area contributed by atoms with Crippen molar-refractivity contribution in [1.82, 2.24) is 10.2 Å². The SMILES string of the molecule is CNC1CCCC1N1CCC(C(C)(C)C)CC1. The fourth-order valence-corrected chi connectivity index (χ4v) is 3.81. The molecule has 0 amide bonds. The Morgan fingerprint density at radius 1 is 1.00 bits per heavy atom. The van der Waals surface area contributed by atoms with Gasteiger partial charge in [-0.3, -0.25) is 4.90 Å². The van der Waals surface area contributed by atoms with Gasteiger partial charge in [-0.1, -0.05) is 27.2 Å². The third kappa shape index (κ3) is 3.03. The van der Waals surface area contributed by atoms with Crippen LogP contribution in [0.5, 0.6) is 0 Å². The van der Waals surface area contributed by atoms with Crippen LogP contribution in [-0.2, 0) is 0 Å². The third-order valence-electron chi connectivity index (χ3n) is 5.07. The summed E-state index contributed by atoms with van der Waals surface area (Å²) in [4.78, 5) is 2.76. The van der Waals surface area contributed by atoms with E-state index >= 15 is 0 Å². The first-order valence-electron chi connectivity index (χ1n) is 7.43. The zero-order valence-electron chi connectivity index (χ0n) is 12.1. The van der Waals surface area contributed by atoms with Crippen LogP contribution < -0.4 is 5.32 Å². The summed E-state index contributed by atoms with van der Waals surface area (Å²) in [5.74, 6) is 0.924. The zero-order valence-corrected chi connectivity index (χ0v) is 12.1. The van der Waals surface area contributed by atoms with Crippen LogP contribution in [0.3, 0.4) is 0 Å². The molecular formula is C15H30N2. The van der Waals surface area contributed by atoms with Crippen LogP contribution >= 0.6 is 0 Å². The van der Waals surface area contributed by atoms with Crippen molar-refractivity contribution in [2.45, 2.75) is 65.0 Å². The molecule has 2 aliphatic rings. The number of piperidine rings is 1. The van der Waals surface area contributed by atoms with Crippen molar-refractivity contribution >= 4 is 0 Å². The predicted octanol–water partition coefficient (Wildman–Crippen LogP) is 2.89. The lowest BCUT2D eigenvalue weighted by atomic mass is 9.75. The molecule has 0 bridgehead atoms. The predicted molar refractivity (Wildman–Crippen MR) is 74.2 cm³/mol. The first kappa shape index (κ1) is 13.4. The smallest absolute Gasteiger partial charge is 0.0249 e. The molecule has 0 aromatic heterocycles. The molecule has 1 N–H and O–H groups in total. The summed E-state index contributed by atoms with van der Waals surface area (Å²) >= 11 is 0. The number of nitrogens with zero attached hydrogens (tertiary/aromatic N) is 1. The van der Waals surface area contributed by atoms with Gasteiger partial charge in [-0.25, -0.2) is 0 Å². The minimum absolute atomic E-state index is 0.504. The van der Waals surface area contributed by atoms with Gasteiger partial charge >= 0.3 is 0 Å². The average Bonchev–Trinajstić information content (AvgIpc) is 2.76. The average molecular weight is 238 g/mol. The summed E-state index contributed by atoms with van der Waals surface area (Å²) in [7, 11) is 2.13. The van der Waals surface area contributed by atoms with E-state index in [0.717, 1.165) is 18.0 Å². The van der Waals surface area contributed by atoms with Crippen LogP contribution in [0.2, 0.25) is 0 Å². The van der Waals surface area contributed by atoms with E-state index in [0.29, 0.717) is 5.41 Å². The highest BCUT2D eigenvalue weighted by molar-refractivity contribution is 4.92. The van der Waals surface area contributed by atoms with Gasteiger partial charge in [0.25, 0.3) is 0 Å². The van der Waals surface area contributed by atoms with Gasteiger partial charge in [0.1, 0.15) is 0 Å². The molecule has 2 nitrogen and oxygen atoms in total. The molecule has 0 radical (unpaired) electrons. The van der Waals surface area contributed by atoms with Crippen molar-refractivity contribution in [2.24, 2.45) is 11.3 Å². The minimum Gasteiger partial charge on any atom is -0.315 e. The van der Waals surface area contributed by atoms with Crippen molar-refractivity contribution in [1.29, 1.82) is 0 Å². The highest BCUT2D eigenvalue weighted by Gasteiger charge is 2.35. The summed E-state index contributed by atoms with van der Waals surface area (Å²) in [6.07, 6.45) is 6.99. The molecule has 0 aromatic rings. The number of rotatable bonds is 2. The lowest BCUT2D eigenvalue weighted by Gasteiger charge is -2.42. The summed E-state index contributed by atoms with van der Waals surface area (Å²) in [6, 6.07) is 1.57. The highest BCUT2D eigenvalue weighted by Crippen LogP contribution is 2.36. The minimum atomic E-state index is 0.504. The van der Waals surface area contributed by atoms with Gasteiger partial charge in [-0.05, 0) is 57.2 Å². The second-order valence-electron chi connectivity index (χ2n) is 7.07. The Labute approximate surface area is 107 Å². The van der Waals surface area contributed by atoms with E-state index in [9.17, 15) is 0 Å². The molecule has 2 fully saturated rings. The quantitative estimate of drug-likeness (QED) is 0.796.